The van der Waals surface area contributed by atoms with E-state index in [0.29, 0.717) is 0 Å². The molecule has 0 radical (unpaired) electrons. The second-order valence-corrected chi connectivity index (χ2v) is 17.2. The second kappa shape index (κ2) is 12.1. The summed E-state index contributed by atoms with van der Waals surface area (Å²) < 4.78 is 6.30. The van der Waals surface area contributed by atoms with Gasteiger partial charge >= 0.3 is 0 Å². The molecule has 13 rings (SSSR count). The molecule has 9 aromatic carbocycles. The number of anilines is 3. The number of nitrogens with zero attached hydrogens (tertiary/aromatic N) is 1. The van der Waals surface area contributed by atoms with Crippen LogP contribution in [0.15, 0.2) is 205 Å². The van der Waals surface area contributed by atoms with E-state index >= 15 is 0 Å². The van der Waals surface area contributed by atoms with Crippen molar-refractivity contribution in [2.45, 2.75) is 24.7 Å². The van der Waals surface area contributed by atoms with Gasteiger partial charge in [0.1, 0.15) is 11.2 Å². The Morgan fingerprint density at radius 1 is 0.333 bits per heavy atom. The van der Waals surface area contributed by atoms with E-state index in [1.54, 1.807) is 0 Å². The third kappa shape index (κ3) is 4.38. The molecule has 0 aliphatic heterocycles. The minimum Gasteiger partial charge on any atom is -0.456 e. The summed E-state index contributed by atoms with van der Waals surface area (Å²) in [4.78, 5) is 2.47. The molecular formula is C58H39NO. The van der Waals surface area contributed by atoms with Gasteiger partial charge in [0.15, 0.2) is 0 Å². The van der Waals surface area contributed by atoms with Crippen LogP contribution in [-0.2, 0) is 10.8 Å². The SMILES string of the molecule is CC1(C)c2ccccc2-c2ccc(N(c3ccc(-c4ccc5c(c4)oc4ccccc45)cc3)c3ccc4c(c3)C3(c5ccccc5-c5ccccc53)c3ccccc3-4)cc21. The average Bonchev–Trinajstić information content (AvgIpc) is 3.98. The van der Waals surface area contributed by atoms with Crippen molar-refractivity contribution in [2.75, 3.05) is 4.90 Å². The van der Waals surface area contributed by atoms with Gasteiger partial charge < -0.3 is 9.32 Å². The standard InChI is InChI=1S/C58H39NO/c1-57(2)49-18-8-3-13-41(49)45-31-28-39(34-53(45)57)59(38-26-23-36(24-27-38)37-25-30-48-47-17-7-12-22-55(47)60-56(48)33-37)40-29-32-46-44-16-6-11-21-52(44)58(54(46)35-40)50-19-9-4-14-42(50)43-15-5-10-20-51(43)58/h3-35H,1-2H3. The van der Waals surface area contributed by atoms with Crippen LogP contribution in [0.5, 0.6) is 0 Å². The number of furan rings is 1. The summed E-state index contributed by atoms with van der Waals surface area (Å²) >= 11 is 0. The van der Waals surface area contributed by atoms with E-state index < -0.39 is 5.41 Å². The summed E-state index contributed by atoms with van der Waals surface area (Å²) in [5, 5.41) is 2.29. The van der Waals surface area contributed by atoms with Crippen LogP contribution in [0.4, 0.5) is 17.1 Å². The molecule has 1 heterocycles. The van der Waals surface area contributed by atoms with E-state index in [2.05, 4.69) is 207 Å². The minimum atomic E-state index is -0.429. The van der Waals surface area contributed by atoms with E-state index in [1.165, 1.54) is 66.8 Å². The van der Waals surface area contributed by atoms with E-state index in [4.69, 9.17) is 4.42 Å². The topological polar surface area (TPSA) is 16.4 Å². The third-order valence-electron chi connectivity index (χ3n) is 13.9. The summed E-state index contributed by atoms with van der Waals surface area (Å²) in [5.41, 5.74) is 22.9. The van der Waals surface area contributed by atoms with Gasteiger partial charge in [0.2, 0.25) is 0 Å². The Morgan fingerprint density at radius 3 is 1.42 bits per heavy atom. The quantitative estimate of drug-likeness (QED) is 0.177. The Bertz CT molecular complexity index is 3360. The molecule has 1 spiro atoms. The zero-order valence-corrected chi connectivity index (χ0v) is 33.4. The van der Waals surface area contributed by atoms with Crippen LogP contribution in [0, 0.1) is 0 Å². The van der Waals surface area contributed by atoms with Gasteiger partial charge in [-0.15, -0.1) is 0 Å². The summed E-state index contributed by atoms with van der Waals surface area (Å²) in [6.07, 6.45) is 0. The second-order valence-electron chi connectivity index (χ2n) is 17.2. The first-order chi connectivity index (χ1) is 29.5. The molecule has 10 aromatic rings. The highest BCUT2D eigenvalue weighted by atomic mass is 16.3. The van der Waals surface area contributed by atoms with Gasteiger partial charge in [0, 0.05) is 33.2 Å². The summed E-state index contributed by atoms with van der Waals surface area (Å²) in [6.45, 7) is 4.73. The first kappa shape index (κ1) is 33.5. The first-order valence-electron chi connectivity index (χ1n) is 21.0. The van der Waals surface area contributed by atoms with E-state index in [0.717, 1.165) is 50.1 Å². The molecule has 2 nitrogen and oxygen atoms in total. The molecule has 0 saturated heterocycles. The van der Waals surface area contributed by atoms with Crippen LogP contribution in [0.1, 0.15) is 47.2 Å². The minimum absolute atomic E-state index is 0.131. The third-order valence-corrected chi connectivity index (χ3v) is 13.9. The van der Waals surface area contributed by atoms with Crippen LogP contribution in [-0.4, -0.2) is 0 Å². The molecular weight excluding hydrogens is 727 g/mol. The predicted molar refractivity (Wildman–Crippen MR) is 248 cm³/mol. The molecule has 0 bridgehead atoms. The van der Waals surface area contributed by atoms with Gasteiger partial charge in [-0.1, -0.05) is 159 Å². The molecule has 0 amide bonds. The maximum Gasteiger partial charge on any atom is 0.136 e. The fourth-order valence-corrected chi connectivity index (χ4v) is 11.2. The van der Waals surface area contributed by atoms with Crippen LogP contribution in [0.3, 0.4) is 0 Å². The number of benzene rings is 9. The number of fused-ring (bicyclic) bond motifs is 16. The summed E-state index contributed by atoms with van der Waals surface area (Å²) in [5.74, 6) is 0. The largest absolute Gasteiger partial charge is 0.456 e. The van der Waals surface area contributed by atoms with Gasteiger partial charge in [-0.05, 0) is 132 Å². The average molecular weight is 766 g/mol. The Balaban J connectivity index is 1.01. The molecule has 0 saturated carbocycles. The lowest BCUT2D eigenvalue weighted by Crippen LogP contribution is -2.26. The Morgan fingerprint density at radius 2 is 0.783 bits per heavy atom. The van der Waals surface area contributed by atoms with Crippen molar-refractivity contribution < 1.29 is 4.42 Å². The van der Waals surface area contributed by atoms with Crippen molar-refractivity contribution in [3.05, 3.63) is 234 Å². The molecule has 0 unspecified atom stereocenters. The molecule has 282 valence electrons. The molecule has 3 aliphatic carbocycles. The molecule has 3 aliphatic rings. The zero-order chi connectivity index (χ0) is 39.7. The number of hydrogen-bond donors (Lipinski definition) is 0. The van der Waals surface area contributed by atoms with Gasteiger partial charge in [-0.3, -0.25) is 0 Å². The van der Waals surface area contributed by atoms with Crippen molar-refractivity contribution in [2.24, 2.45) is 0 Å². The predicted octanol–water partition coefficient (Wildman–Crippen LogP) is 15.4. The Labute approximate surface area is 349 Å². The van der Waals surface area contributed by atoms with E-state index in [1.807, 2.05) is 12.1 Å². The lowest BCUT2D eigenvalue weighted by atomic mass is 9.70. The van der Waals surface area contributed by atoms with Crippen LogP contribution >= 0.6 is 0 Å². The fraction of sp³-hybridized carbons (Fsp3) is 0.0690. The molecule has 60 heavy (non-hydrogen) atoms. The van der Waals surface area contributed by atoms with Crippen molar-refractivity contribution in [3.63, 3.8) is 0 Å². The van der Waals surface area contributed by atoms with Crippen LogP contribution in [0.25, 0.3) is 66.4 Å². The molecule has 0 N–H and O–H groups in total. The highest BCUT2D eigenvalue weighted by Gasteiger charge is 2.51. The van der Waals surface area contributed by atoms with Crippen molar-refractivity contribution in [1.82, 2.24) is 0 Å². The lowest BCUT2D eigenvalue weighted by molar-refractivity contribution is 0.660. The van der Waals surface area contributed by atoms with Gasteiger partial charge in [-0.2, -0.15) is 0 Å². The normalized spacial score (nSPS) is 14.4. The molecule has 0 atom stereocenters. The van der Waals surface area contributed by atoms with Crippen molar-refractivity contribution in [1.29, 1.82) is 0 Å². The zero-order valence-electron chi connectivity index (χ0n) is 33.4. The summed E-state index contributed by atoms with van der Waals surface area (Å²) in [6, 6.07) is 74.3. The highest BCUT2D eigenvalue weighted by molar-refractivity contribution is 6.06. The Hall–Kier alpha value is -7.42. The maximum atomic E-state index is 6.30. The van der Waals surface area contributed by atoms with E-state index in [9.17, 15) is 0 Å². The monoisotopic (exact) mass is 765 g/mol. The highest BCUT2D eigenvalue weighted by Crippen LogP contribution is 2.63. The number of para-hydroxylation sites is 1. The van der Waals surface area contributed by atoms with Gasteiger partial charge in [-0.25, -0.2) is 0 Å². The number of hydrogen-bond acceptors (Lipinski definition) is 2. The fourth-order valence-electron chi connectivity index (χ4n) is 11.2. The number of rotatable bonds is 4. The maximum absolute atomic E-state index is 6.30. The van der Waals surface area contributed by atoms with Gasteiger partial charge in [0.05, 0.1) is 5.41 Å². The van der Waals surface area contributed by atoms with Crippen LogP contribution < -0.4 is 4.90 Å². The van der Waals surface area contributed by atoms with Gasteiger partial charge in [0.25, 0.3) is 0 Å². The van der Waals surface area contributed by atoms with Crippen molar-refractivity contribution >= 4 is 39.0 Å². The van der Waals surface area contributed by atoms with Crippen molar-refractivity contribution in [3.8, 4) is 44.5 Å². The Kier molecular flexibility index (Phi) is 6.74. The lowest BCUT2D eigenvalue weighted by Gasteiger charge is -2.32. The van der Waals surface area contributed by atoms with Crippen LogP contribution in [0.2, 0.25) is 0 Å². The first-order valence-corrected chi connectivity index (χ1v) is 21.0. The summed E-state index contributed by atoms with van der Waals surface area (Å²) in [7, 11) is 0. The van der Waals surface area contributed by atoms with E-state index in [-0.39, 0.29) is 5.41 Å². The molecule has 1 aromatic heterocycles. The molecule has 0 fully saturated rings. The smallest absolute Gasteiger partial charge is 0.136 e. The molecule has 2 heteroatoms.